The van der Waals surface area contributed by atoms with Crippen molar-refractivity contribution in [3.63, 3.8) is 0 Å². The molecule has 3 rings (SSSR count). The number of nitrogens with one attached hydrogen (secondary N) is 2. The van der Waals surface area contributed by atoms with E-state index >= 15 is 0 Å². The van der Waals surface area contributed by atoms with Gasteiger partial charge in [0.25, 0.3) is 0 Å². The van der Waals surface area contributed by atoms with Crippen LogP contribution in [0.15, 0.2) is 23.0 Å². The molecule has 0 unspecified atom stereocenters. The standard InChI is InChI=1S/C17H26N6O3/c1-2-3-15-18-16(21-20-15)19-17(25)23-7-6-22(14(11-23)4-8-24)10-13-5-9-26-12-13/h5,9,12,14,24H,2-4,6-8,10-11H2,1H3,(H2,18,19,20,21,25)/t14-/m0/s1. The van der Waals surface area contributed by atoms with Gasteiger partial charge in [0.15, 0.2) is 0 Å². The maximum atomic E-state index is 12.5. The number of anilines is 1. The van der Waals surface area contributed by atoms with Crippen LogP contribution >= 0.6 is 0 Å². The van der Waals surface area contributed by atoms with Crippen LogP contribution in [0.3, 0.4) is 0 Å². The summed E-state index contributed by atoms with van der Waals surface area (Å²) in [5.41, 5.74) is 1.09. The Bertz CT molecular complexity index is 686. The van der Waals surface area contributed by atoms with E-state index in [-0.39, 0.29) is 18.7 Å². The SMILES string of the molecule is CCCc1nc(NC(=O)N2CCN(Cc3ccoc3)[C@@H](CCO)C2)n[nH]1. The van der Waals surface area contributed by atoms with Crippen molar-refractivity contribution in [1.29, 1.82) is 0 Å². The van der Waals surface area contributed by atoms with Gasteiger partial charge in [-0.3, -0.25) is 15.3 Å². The van der Waals surface area contributed by atoms with E-state index in [4.69, 9.17) is 4.42 Å². The maximum Gasteiger partial charge on any atom is 0.324 e. The van der Waals surface area contributed by atoms with Crippen LogP contribution < -0.4 is 5.32 Å². The van der Waals surface area contributed by atoms with Gasteiger partial charge in [-0.1, -0.05) is 6.92 Å². The molecule has 0 aromatic carbocycles. The quantitative estimate of drug-likeness (QED) is 0.688. The minimum Gasteiger partial charge on any atom is -0.472 e. The van der Waals surface area contributed by atoms with Crippen LogP contribution in [-0.2, 0) is 13.0 Å². The van der Waals surface area contributed by atoms with Crippen molar-refractivity contribution in [2.75, 3.05) is 31.6 Å². The van der Waals surface area contributed by atoms with Gasteiger partial charge >= 0.3 is 6.03 Å². The summed E-state index contributed by atoms with van der Waals surface area (Å²) in [4.78, 5) is 20.8. The van der Waals surface area contributed by atoms with Crippen molar-refractivity contribution in [3.05, 3.63) is 30.0 Å². The molecule has 0 saturated carbocycles. The summed E-state index contributed by atoms with van der Waals surface area (Å²) in [5.74, 6) is 1.07. The van der Waals surface area contributed by atoms with E-state index in [0.717, 1.165) is 37.3 Å². The van der Waals surface area contributed by atoms with E-state index in [2.05, 4.69) is 32.3 Å². The Labute approximate surface area is 152 Å². The fourth-order valence-electron chi connectivity index (χ4n) is 3.20. The van der Waals surface area contributed by atoms with Crippen molar-refractivity contribution in [2.45, 2.75) is 38.8 Å². The van der Waals surface area contributed by atoms with Gasteiger partial charge in [-0.2, -0.15) is 4.98 Å². The van der Waals surface area contributed by atoms with Crippen molar-refractivity contribution in [1.82, 2.24) is 25.0 Å². The van der Waals surface area contributed by atoms with Crippen LogP contribution in [0.5, 0.6) is 0 Å². The fraction of sp³-hybridized carbons (Fsp3) is 0.588. The van der Waals surface area contributed by atoms with Gasteiger partial charge in [0.2, 0.25) is 5.95 Å². The molecule has 2 aromatic heterocycles. The number of amides is 2. The molecule has 3 heterocycles. The van der Waals surface area contributed by atoms with E-state index < -0.39 is 0 Å². The highest BCUT2D eigenvalue weighted by Gasteiger charge is 2.29. The zero-order valence-corrected chi connectivity index (χ0v) is 15.0. The van der Waals surface area contributed by atoms with Gasteiger partial charge in [-0.25, -0.2) is 4.79 Å². The van der Waals surface area contributed by atoms with Crippen LogP contribution in [0.25, 0.3) is 0 Å². The highest BCUT2D eigenvalue weighted by molar-refractivity contribution is 5.87. The minimum atomic E-state index is -0.210. The molecule has 9 heteroatoms. The number of nitrogens with zero attached hydrogens (tertiary/aromatic N) is 4. The number of aliphatic hydroxyl groups is 1. The molecule has 1 saturated heterocycles. The Morgan fingerprint density at radius 3 is 3.12 bits per heavy atom. The third-order valence-electron chi connectivity index (χ3n) is 4.56. The molecule has 1 aliphatic rings. The maximum absolute atomic E-state index is 12.5. The first-order valence-corrected chi connectivity index (χ1v) is 9.02. The number of carbonyl (C=O) groups is 1. The second-order valence-electron chi connectivity index (χ2n) is 6.50. The lowest BCUT2D eigenvalue weighted by molar-refractivity contribution is 0.0717. The first-order valence-electron chi connectivity index (χ1n) is 9.02. The fourth-order valence-corrected chi connectivity index (χ4v) is 3.20. The first-order chi connectivity index (χ1) is 12.7. The molecule has 0 spiro atoms. The van der Waals surface area contributed by atoms with Crippen LogP contribution in [0.4, 0.5) is 10.7 Å². The molecule has 26 heavy (non-hydrogen) atoms. The minimum absolute atomic E-state index is 0.0866. The number of aromatic amines is 1. The monoisotopic (exact) mass is 362 g/mol. The van der Waals surface area contributed by atoms with Gasteiger partial charge < -0.3 is 14.4 Å². The summed E-state index contributed by atoms with van der Waals surface area (Å²) < 4.78 is 5.13. The zero-order chi connectivity index (χ0) is 18.4. The number of furan rings is 1. The lowest BCUT2D eigenvalue weighted by Gasteiger charge is -2.41. The van der Waals surface area contributed by atoms with E-state index in [1.165, 1.54) is 0 Å². The van der Waals surface area contributed by atoms with Gasteiger partial charge in [0.1, 0.15) is 5.82 Å². The number of aliphatic hydroxyl groups excluding tert-OH is 1. The lowest BCUT2D eigenvalue weighted by Crippen LogP contribution is -2.55. The smallest absolute Gasteiger partial charge is 0.324 e. The van der Waals surface area contributed by atoms with E-state index in [1.54, 1.807) is 17.4 Å². The predicted molar refractivity (Wildman–Crippen MR) is 95.6 cm³/mol. The van der Waals surface area contributed by atoms with Crippen molar-refractivity contribution in [2.24, 2.45) is 0 Å². The van der Waals surface area contributed by atoms with Crippen molar-refractivity contribution < 1.29 is 14.3 Å². The summed E-state index contributed by atoms with van der Waals surface area (Å²) in [7, 11) is 0. The number of carbonyl (C=O) groups excluding carboxylic acids is 1. The van der Waals surface area contributed by atoms with E-state index in [9.17, 15) is 9.90 Å². The molecule has 142 valence electrons. The Kier molecular flexibility index (Phi) is 6.24. The molecule has 0 aliphatic carbocycles. The van der Waals surface area contributed by atoms with E-state index in [0.29, 0.717) is 25.5 Å². The van der Waals surface area contributed by atoms with Gasteiger partial charge in [-0.05, 0) is 18.9 Å². The summed E-state index contributed by atoms with van der Waals surface area (Å²) >= 11 is 0. The summed E-state index contributed by atoms with van der Waals surface area (Å²) in [6.07, 6.45) is 5.76. The molecule has 3 N–H and O–H groups in total. The first kappa shape index (κ1) is 18.4. The molecule has 0 bridgehead atoms. The molecule has 2 amide bonds. The Balaban J connectivity index is 1.57. The Morgan fingerprint density at radius 2 is 2.38 bits per heavy atom. The molecular weight excluding hydrogens is 336 g/mol. The second kappa shape index (κ2) is 8.81. The molecular formula is C17H26N6O3. The summed E-state index contributed by atoms with van der Waals surface area (Å²) in [6.45, 7) is 4.79. The third-order valence-corrected chi connectivity index (χ3v) is 4.56. The summed E-state index contributed by atoms with van der Waals surface area (Å²) in [5, 5.41) is 19.0. The molecule has 1 fully saturated rings. The molecule has 1 aliphatic heterocycles. The van der Waals surface area contributed by atoms with Crippen LogP contribution in [-0.4, -0.2) is 68.4 Å². The van der Waals surface area contributed by atoms with Crippen molar-refractivity contribution in [3.8, 4) is 0 Å². The summed E-state index contributed by atoms with van der Waals surface area (Å²) in [6, 6.07) is 1.82. The van der Waals surface area contributed by atoms with Crippen molar-refractivity contribution >= 4 is 12.0 Å². The topological polar surface area (TPSA) is 111 Å². The second-order valence-corrected chi connectivity index (χ2v) is 6.50. The van der Waals surface area contributed by atoms with Gasteiger partial charge in [0, 0.05) is 50.8 Å². The molecule has 1 atom stereocenters. The molecule has 2 aromatic rings. The van der Waals surface area contributed by atoms with Crippen LogP contribution in [0.2, 0.25) is 0 Å². The van der Waals surface area contributed by atoms with Gasteiger partial charge in [-0.15, -0.1) is 5.10 Å². The molecule has 9 nitrogen and oxygen atoms in total. The predicted octanol–water partition coefficient (Wildman–Crippen LogP) is 1.45. The number of aryl methyl sites for hydroxylation is 1. The number of urea groups is 1. The Hall–Kier alpha value is -2.39. The molecule has 0 radical (unpaired) electrons. The number of aromatic nitrogens is 3. The number of hydrogen-bond acceptors (Lipinski definition) is 6. The average Bonchev–Trinajstić information content (AvgIpc) is 3.29. The highest BCUT2D eigenvalue weighted by atomic mass is 16.3. The normalized spacial score (nSPS) is 18.2. The van der Waals surface area contributed by atoms with Crippen LogP contribution in [0, 0.1) is 0 Å². The number of rotatable bonds is 7. The van der Waals surface area contributed by atoms with E-state index in [1.807, 2.05) is 6.07 Å². The Morgan fingerprint density at radius 1 is 1.50 bits per heavy atom. The third kappa shape index (κ3) is 4.61. The highest BCUT2D eigenvalue weighted by Crippen LogP contribution is 2.17. The number of H-pyrrole nitrogens is 1. The number of piperazine rings is 1. The zero-order valence-electron chi connectivity index (χ0n) is 15.0. The van der Waals surface area contributed by atoms with Crippen LogP contribution in [0.1, 0.15) is 31.2 Å². The number of hydrogen-bond donors (Lipinski definition) is 3. The van der Waals surface area contributed by atoms with Gasteiger partial charge in [0.05, 0.1) is 12.5 Å². The lowest BCUT2D eigenvalue weighted by atomic mass is 10.1. The average molecular weight is 362 g/mol. The largest absolute Gasteiger partial charge is 0.472 e.